The van der Waals surface area contributed by atoms with Crippen molar-refractivity contribution in [2.24, 2.45) is 0 Å². The molecule has 0 aromatic rings. The first-order valence-corrected chi connectivity index (χ1v) is 8.66. The zero-order chi connectivity index (χ0) is 13.5. The van der Waals surface area contributed by atoms with Crippen LogP contribution >= 0.6 is 0 Å². The molecule has 18 heavy (non-hydrogen) atoms. The Hall–Kier alpha value is -0.0400. The van der Waals surface area contributed by atoms with Crippen LogP contribution in [-0.2, 0) is 0 Å². The molecular formula is C17H37N. The lowest BCUT2D eigenvalue weighted by Gasteiger charge is -2.26. The molecule has 110 valence electrons. The molecule has 0 radical (unpaired) electrons. The van der Waals surface area contributed by atoms with Crippen LogP contribution in [0.15, 0.2) is 0 Å². The van der Waals surface area contributed by atoms with Gasteiger partial charge in [-0.2, -0.15) is 0 Å². The maximum absolute atomic E-state index is 2.67. The van der Waals surface area contributed by atoms with Crippen molar-refractivity contribution >= 4 is 0 Å². The molecule has 0 atom stereocenters. The van der Waals surface area contributed by atoms with E-state index in [9.17, 15) is 0 Å². The highest BCUT2D eigenvalue weighted by atomic mass is 15.1. The zero-order valence-electron chi connectivity index (χ0n) is 13.3. The van der Waals surface area contributed by atoms with Gasteiger partial charge in [0.05, 0.1) is 0 Å². The average molecular weight is 255 g/mol. The van der Waals surface area contributed by atoms with E-state index in [0.29, 0.717) is 0 Å². The van der Waals surface area contributed by atoms with Crippen molar-refractivity contribution < 1.29 is 0 Å². The summed E-state index contributed by atoms with van der Waals surface area (Å²) in [5.74, 6) is 0. The van der Waals surface area contributed by atoms with E-state index in [1.54, 1.807) is 0 Å². The minimum Gasteiger partial charge on any atom is -0.303 e. The lowest BCUT2D eigenvalue weighted by Crippen LogP contribution is -2.30. The van der Waals surface area contributed by atoms with Crippen molar-refractivity contribution in [2.45, 2.75) is 91.4 Å². The van der Waals surface area contributed by atoms with Crippen LogP contribution in [0.4, 0.5) is 0 Å². The van der Waals surface area contributed by atoms with Gasteiger partial charge >= 0.3 is 0 Å². The third kappa shape index (κ3) is 11.1. The van der Waals surface area contributed by atoms with Gasteiger partial charge in [-0.3, -0.25) is 0 Å². The van der Waals surface area contributed by atoms with Crippen molar-refractivity contribution in [1.29, 1.82) is 0 Å². The Morgan fingerprint density at radius 1 is 0.667 bits per heavy atom. The van der Waals surface area contributed by atoms with Crippen molar-refractivity contribution in [3.05, 3.63) is 0 Å². The number of rotatable bonds is 9. The van der Waals surface area contributed by atoms with Gasteiger partial charge in [0.15, 0.2) is 0 Å². The fourth-order valence-corrected chi connectivity index (χ4v) is 2.65. The van der Waals surface area contributed by atoms with Gasteiger partial charge in [-0.15, -0.1) is 0 Å². The molecule has 1 heteroatoms. The Labute approximate surface area is 116 Å². The number of nitrogens with zero attached hydrogens (tertiary/aromatic N) is 1. The van der Waals surface area contributed by atoms with E-state index in [4.69, 9.17) is 0 Å². The minimum atomic E-state index is 1.37. The van der Waals surface area contributed by atoms with Crippen molar-refractivity contribution in [2.75, 3.05) is 19.6 Å². The van der Waals surface area contributed by atoms with Crippen LogP contribution in [0.5, 0.6) is 0 Å². The molecule has 1 fully saturated rings. The molecular weight excluding hydrogens is 218 g/mol. The summed E-state index contributed by atoms with van der Waals surface area (Å²) in [6.45, 7) is 10.4. The van der Waals surface area contributed by atoms with Gasteiger partial charge in [0.1, 0.15) is 0 Å². The Kier molecular flexibility index (Phi) is 15.0. The summed E-state index contributed by atoms with van der Waals surface area (Å²) in [6.07, 6.45) is 15.9. The van der Waals surface area contributed by atoms with Crippen LogP contribution in [0, 0.1) is 0 Å². The summed E-state index contributed by atoms with van der Waals surface area (Å²) in [6, 6.07) is 0. The number of hydrogen-bond acceptors (Lipinski definition) is 1. The molecule has 1 nitrogen and oxygen atoms in total. The van der Waals surface area contributed by atoms with Crippen molar-refractivity contribution in [3.8, 4) is 0 Å². The molecule has 0 amide bonds. The predicted molar refractivity (Wildman–Crippen MR) is 84.2 cm³/mol. The molecule has 0 N–H and O–H groups in total. The van der Waals surface area contributed by atoms with E-state index in [1.165, 1.54) is 90.3 Å². The van der Waals surface area contributed by atoms with Gasteiger partial charge < -0.3 is 4.90 Å². The Balaban J connectivity index is 0.00000137. The second-order valence-corrected chi connectivity index (χ2v) is 5.38. The first-order valence-electron chi connectivity index (χ1n) is 8.66. The summed E-state index contributed by atoms with van der Waals surface area (Å²) in [4.78, 5) is 2.67. The smallest absolute Gasteiger partial charge is 0.00187 e. The van der Waals surface area contributed by atoms with Gasteiger partial charge in [0, 0.05) is 0 Å². The summed E-state index contributed by atoms with van der Waals surface area (Å²) in [5.41, 5.74) is 0. The van der Waals surface area contributed by atoms with Crippen LogP contribution < -0.4 is 0 Å². The normalized spacial score (nSPS) is 16.2. The Morgan fingerprint density at radius 3 is 1.72 bits per heavy atom. The fraction of sp³-hybridized carbons (Fsp3) is 1.00. The highest BCUT2D eigenvalue weighted by Gasteiger charge is 2.08. The van der Waals surface area contributed by atoms with E-state index in [0.717, 1.165) is 0 Å². The SMILES string of the molecule is CC.CCCCCCCCCCN1CCCCC1. The van der Waals surface area contributed by atoms with Crippen LogP contribution in [0.1, 0.15) is 91.4 Å². The van der Waals surface area contributed by atoms with E-state index >= 15 is 0 Å². The van der Waals surface area contributed by atoms with Crippen LogP contribution in [0.25, 0.3) is 0 Å². The second-order valence-electron chi connectivity index (χ2n) is 5.38. The molecule has 1 saturated heterocycles. The second kappa shape index (κ2) is 15.0. The summed E-state index contributed by atoms with van der Waals surface area (Å²) in [7, 11) is 0. The number of unbranched alkanes of at least 4 members (excludes halogenated alkanes) is 7. The van der Waals surface area contributed by atoms with Crippen LogP contribution in [0.2, 0.25) is 0 Å². The molecule has 0 spiro atoms. The number of piperidine rings is 1. The fourth-order valence-electron chi connectivity index (χ4n) is 2.65. The summed E-state index contributed by atoms with van der Waals surface area (Å²) in [5, 5.41) is 0. The molecule has 1 aliphatic rings. The summed E-state index contributed by atoms with van der Waals surface area (Å²) >= 11 is 0. The van der Waals surface area contributed by atoms with E-state index in [-0.39, 0.29) is 0 Å². The zero-order valence-corrected chi connectivity index (χ0v) is 13.3. The van der Waals surface area contributed by atoms with Crippen molar-refractivity contribution in [3.63, 3.8) is 0 Å². The first kappa shape index (κ1) is 18.0. The quantitative estimate of drug-likeness (QED) is 0.482. The molecule has 1 aliphatic heterocycles. The molecule has 0 saturated carbocycles. The van der Waals surface area contributed by atoms with E-state index in [1.807, 2.05) is 13.8 Å². The standard InChI is InChI=1S/C15H31N.C2H6/c1-2-3-4-5-6-7-8-10-13-16-14-11-9-12-15-16;1-2/h2-15H2,1H3;1-2H3. The third-order valence-corrected chi connectivity index (χ3v) is 3.78. The molecule has 1 rings (SSSR count). The van der Waals surface area contributed by atoms with Gasteiger partial charge in [0.25, 0.3) is 0 Å². The highest BCUT2D eigenvalue weighted by Crippen LogP contribution is 2.12. The van der Waals surface area contributed by atoms with Crippen molar-refractivity contribution in [1.82, 2.24) is 4.90 Å². The van der Waals surface area contributed by atoms with Gasteiger partial charge in [-0.25, -0.2) is 0 Å². The monoisotopic (exact) mass is 255 g/mol. The number of hydrogen-bond donors (Lipinski definition) is 0. The third-order valence-electron chi connectivity index (χ3n) is 3.78. The lowest BCUT2D eigenvalue weighted by atomic mass is 10.1. The van der Waals surface area contributed by atoms with E-state index < -0.39 is 0 Å². The first-order chi connectivity index (χ1) is 8.93. The molecule has 1 heterocycles. The van der Waals surface area contributed by atoms with E-state index in [2.05, 4.69) is 11.8 Å². The topological polar surface area (TPSA) is 3.24 Å². The molecule has 0 bridgehead atoms. The summed E-state index contributed by atoms with van der Waals surface area (Å²) < 4.78 is 0. The highest BCUT2D eigenvalue weighted by molar-refractivity contribution is 4.64. The molecule has 0 aliphatic carbocycles. The maximum atomic E-state index is 2.67. The maximum Gasteiger partial charge on any atom is -0.00187 e. The molecule has 0 aromatic carbocycles. The van der Waals surface area contributed by atoms with Gasteiger partial charge in [-0.05, 0) is 38.9 Å². The Bertz CT molecular complexity index is 139. The largest absolute Gasteiger partial charge is 0.303 e. The van der Waals surface area contributed by atoms with Crippen LogP contribution in [-0.4, -0.2) is 24.5 Å². The number of likely N-dealkylation sites (tertiary alicyclic amines) is 1. The average Bonchev–Trinajstić information content (AvgIpc) is 2.45. The van der Waals surface area contributed by atoms with Gasteiger partial charge in [0.2, 0.25) is 0 Å². The minimum absolute atomic E-state index is 1.37. The molecule has 0 aromatic heterocycles. The van der Waals surface area contributed by atoms with Gasteiger partial charge in [-0.1, -0.05) is 72.1 Å². The van der Waals surface area contributed by atoms with Crippen LogP contribution in [0.3, 0.4) is 0 Å². The molecule has 0 unspecified atom stereocenters. The Morgan fingerprint density at radius 2 is 1.17 bits per heavy atom. The lowest BCUT2D eigenvalue weighted by molar-refractivity contribution is 0.224. The predicted octanol–water partition coefficient (Wildman–Crippen LogP) is 5.64.